The number of fused-ring (bicyclic) bond motifs is 12. The van der Waals surface area contributed by atoms with Gasteiger partial charge in [0.1, 0.15) is 11.2 Å². The molecular weight excluding hydrogens is 771 g/mol. The summed E-state index contributed by atoms with van der Waals surface area (Å²) in [4.78, 5) is 0. The highest BCUT2D eigenvalue weighted by atomic mass is 32.1. The first-order valence-corrected chi connectivity index (χ1v) is 22.4. The fourth-order valence-electron chi connectivity index (χ4n) is 10.5. The highest BCUT2D eigenvalue weighted by Gasteiger charge is 2.25. The molecule has 0 radical (unpaired) electrons. The van der Waals surface area contributed by atoms with Crippen molar-refractivity contribution in [3.05, 3.63) is 223 Å². The number of thiophene rings is 1. The predicted octanol–water partition coefficient (Wildman–Crippen LogP) is 16.8. The van der Waals surface area contributed by atoms with E-state index in [2.05, 4.69) is 211 Å². The molecule has 62 heavy (non-hydrogen) atoms. The first-order chi connectivity index (χ1) is 30.7. The van der Waals surface area contributed by atoms with Crippen molar-refractivity contribution in [3.8, 4) is 16.8 Å². The monoisotopic (exact) mass is 809 g/mol. The molecule has 0 spiro atoms. The van der Waals surface area contributed by atoms with Crippen molar-refractivity contribution in [2.75, 3.05) is 0 Å². The maximum Gasteiger partial charge on any atom is 0.138 e. The third-order valence-corrected chi connectivity index (χ3v) is 14.4. The zero-order valence-electron chi connectivity index (χ0n) is 33.9. The van der Waals surface area contributed by atoms with E-state index in [4.69, 9.17) is 4.42 Å². The molecule has 2 nitrogen and oxygen atoms in total. The van der Waals surface area contributed by atoms with Crippen LogP contribution in [0.1, 0.15) is 29.0 Å². The van der Waals surface area contributed by atoms with Crippen LogP contribution in [0.4, 0.5) is 0 Å². The minimum atomic E-state index is 0.188. The number of nitrogens with zero attached hydrogens (tertiary/aromatic N) is 1. The van der Waals surface area contributed by atoms with E-state index in [1.807, 2.05) is 11.3 Å². The van der Waals surface area contributed by atoms with Gasteiger partial charge in [-0.3, -0.25) is 0 Å². The fraction of sp³-hybridized carbons (Fsp3) is 0.0508. The van der Waals surface area contributed by atoms with Gasteiger partial charge in [0.05, 0.1) is 11.0 Å². The van der Waals surface area contributed by atoms with E-state index in [0.717, 1.165) is 46.0 Å². The van der Waals surface area contributed by atoms with Crippen LogP contribution in [0.15, 0.2) is 211 Å². The van der Waals surface area contributed by atoms with Crippen LogP contribution in [0.2, 0.25) is 0 Å². The summed E-state index contributed by atoms with van der Waals surface area (Å²) in [5.74, 6) is 0.188. The molecule has 0 saturated carbocycles. The minimum Gasteiger partial charge on any atom is -0.456 e. The molecule has 0 N–H and O–H groups in total. The maximum atomic E-state index is 6.85. The van der Waals surface area contributed by atoms with Gasteiger partial charge < -0.3 is 8.98 Å². The lowest BCUT2D eigenvalue weighted by atomic mass is 9.85. The lowest BCUT2D eigenvalue weighted by Crippen LogP contribution is -2.05. The Labute approximate surface area is 362 Å². The van der Waals surface area contributed by atoms with Crippen LogP contribution in [0, 0.1) is 0 Å². The standard InChI is InChI=1S/C59H39NOS/c1-2-15-37(16-3-1)29-31-42(40-30-32-56-49(34-40)46-23-10-13-28-55(46)62-56)38-18-14-19-41(33-38)60-51-26-11-8-24-47(51)57-52(60)36-54-58(48-25-9-12-27-53(48)61-54)59(57)50-35-39-17-4-5-20-43(39)44-21-6-7-22-45(44)50/h1-28,30,32-36,42H,29,31H2. The van der Waals surface area contributed by atoms with Crippen LogP contribution in [0.25, 0.3) is 102 Å². The number of benzene rings is 10. The van der Waals surface area contributed by atoms with Crippen LogP contribution in [0.3, 0.4) is 0 Å². The van der Waals surface area contributed by atoms with Gasteiger partial charge in [-0.25, -0.2) is 0 Å². The van der Waals surface area contributed by atoms with E-state index >= 15 is 0 Å². The van der Waals surface area contributed by atoms with Gasteiger partial charge in [-0.05, 0) is 105 Å². The van der Waals surface area contributed by atoms with Crippen LogP contribution in [-0.2, 0) is 6.42 Å². The molecule has 1 unspecified atom stereocenters. The van der Waals surface area contributed by atoms with E-state index in [9.17, 15) is 0 Å². The first-order valence-electron chi connectivity index (χ1n) is 21.6. The molecule has 0 bridgehead atoms. The van der Waals surface area contributed by atoms with Gasteiger partial charge in [0.15, 0.2) is 0 Å². The van der Waals surface area contributed by atoms with E-state index in [0.29, 0.717) is 0 Å². The Bertz CT molecular complexity index is 3890. The molecule has 13 rings (SSSR count). The lowest BCUT2D eigenvalue weighted by molar-refractivity contribution is 0.669. The summed E-state index contributed by atoms with van der Waals surface area (Å²) in [6.07, 6.45) is 1.98. The minimum absolute atomic E-state index is 0.188. The van der Waals surface area contributed by atoms with Crippen LogP contribution < -0.4 is 0 Å². The van der Waals surface area contributed by atoms with Gasteiger partial charge in [-0.1, -0.05) is 152 Å². The molecule has 3 heterocycles. The number of hydrogen-bond donors (Lipinski definition) is 0. The third kappa shape index (κ3) is 5.48. The molecule has 0 saturated heterocycles. The largest absolute Gasteiger partial charge is 0.456 e. The second-order valence-electron chi connectivity index (χ2n) is 16.7. The first kappa shape index (κ1) is 35.3. The molecule has 10 aromatic carbocycles. The second-order valence-corrected chi connectivity index (χ2v) is 17.8. The van der Waals surface area contributed by atoms with Gasteiger partial charge in [0, 0.05) is 65.0 Å². The van der Waals surface area contributed by atoms with Crippen molar-refractivity contribution in [2.24, 2.45) is 0 Å². The van der Waals surface area contributed by atoms with Crippen LogP contribution >= 0.6 is 11.3 Å². The molecule has 3 heteroatoms. The molecule has 1 atom stereocenters. The summed E-state index contributed by atoms with van der Waals surface area (Å²) in [6.45, 7) is 0. The van der Waals surface area contributed by atoms with Crippen molar-refractivity contribution < 1.29 is 4.42 Å². The highest BCUT2D eigenvalue weighted by Crippen LogP contribution is 2.49. The molecule has 3 aromatic heterocycles. The van der Waals surface area contributed by atoms with Crippen LogP contribution in [0.5, 0.6) is 0 Å². The Morgan fingerprint density at radius 3 is 2.02 bits per heavy atom. The second kappa shape index (κ2) is 14.1. The molecule has 292 valence electrons. The van der Waals surface area contributed by atoms with Crippen LogP contribution in [-0.4, -0.2) is 4.57 Å². The zero-order valence-corrected chi connectivity index (χ0v) is 34.7. The van der Waals surface area contributed by atoms with Crippen molar-refractivity contribution in [2.45, 2.75) is 18.8 Å². The summed E-state index contributed by atoms with van der Waals surface area (Å²) in [5, 5.41) is 12.4. The van der Waals surface area contributed by atoms with Gasteiger partial charge in [0.25, 0.3) is 0 Å². The summed E-state index contributed by atoms with van der Waals surface area (Å²) in [6, 6.07) is 76.2. The third-order valence-electron chi connectivity index (χ3n) is 13.2. The molecule has 0 aliphatic rings. The molecule has 0 fully saturated rings. The number of aromatic nitrogens is 1. The Kier molecular flexibility index (Phi) is 8.01. The van der Waals surface area contributed by atoms with Gasteiger partial charge in [-0.2, -0.15) is 0 Å². The van der Waals surface area contributed by atoms with E-state index in [1.165, 1.54) is 85.8 Å². The maximum absolute atomic E-state index is 6.85. The highest BCUT2D eigenvalue weighted by molar-refractivity contribution is 7.25. The Balaban J connectivity index is 1.08. The van der Waals surface area contributed by atoms with E-state index in [-0.39, 0.29) is 5.92 Å². The molecule has 0 amide bonds. The topological polar surface area (TPSA) is 18.1 Å². The van der Waals surface area contributed by atoms with Crippen molar-refractivity contribution >= 4 is 96.8 Å². The fourth-order valence-corrected chi connectivity index (χ4v) is 11.5. The van der Waals surface area contributed by atoms with Crippen molar-refractivity contribution in [1.29, 1.82) is 0 Å². The number of para-hydroxylation sites is 2. The predicted molar refractivity (Wildman–Crippen MR) is 264 cm³/mol. The van der Waals surface area contributed by atoms with E-state index < -0.39 is 0 Å². The zero-order chi connectivity index (χ0) is 40.7. The Morgan fingerprint density at radius 2 is 1.13 bits per heavy atom. The van der Waals surface area contributed by atoms with E-state index in [1.54, 1.807) is 0 Å². The lowest BCUT2D eigenvalue weighted by Gasteiger charge is -2.20. The smallest absolute Gasteiger partial charge is 0.138 e. The Morgan fingerprint density at radius 1 is 0.435 bits per heavy atom. The average Bonchev–Trinajstić information content (AvgIpc) is 4.00. The molecular formula is C59H39NOS. The normalized spacial score (nSPS) is 12.6. The van der Waals surface area contributed by atoms with Gasteiger partial charge >= 0.3 is 0 Å². The van der Waals surface area contributed by atoms with Gasteiger partial charge in [0.2, 0.25) is 0 Å². The SMILES string of the molecule is c1ccc(CCC(c2cccc(-n3c4ccccc4c4c(-c5cc6ccccc6c6ccccc56)c5c(cc43)oc3ccccc35)c2)c2ccc3sc4ccccc4c3c2)cc1. The van der Waals surface area contributed by atoms with Crippen molar-refractivity contribution in [3.63, 3.8) is 0 Å². The number of rotatable bonds is 7. The quantitative estimate of drug-likeness (QED) is 0.147. The molecule has 0 aliphatic heterocycles. The number of furan rings is 1. The number of aryl methyl sites for hydroxylation is 1. The molecule has 0 aliphatic carbocycles. The van der Waals surface area contributed by atoms with Gasteiger partial charge in [-0.15, -0.1) is 11.3 Å². The molecule has 13 aromatic rings. The summed E-state index contributed by atoms with van der Waals surface area (Å²) >= 11 is 1.88. The van der Waals surface area contributed by atoms with Crippen molar-refractivity contribution in [1.82, 2.24) is 4.57 Å². The Hall–Kier alpha value is -7.46. The summed E-state index contributed by atoms with van der Waals surface area (Å²) in [5.41, 5.74) is 11.7. The summed E-state index contributed by atoms with van der Waals surface area (Å²) < 4.78 is 12.0. The average molecular weight is 810 g/mol. The number of hydrogen-bond acceptors (Lipinski definition) is 2. The summed E-state index contributed by atoms with van der Waals surface area (Å²) in [7, 11) is 0.